The molecule has 0 fully saturated rings. The molecule has 0 amide bonds. The van der Waals surface area contributed by atoms with Gasteiger partial charge in [0.2, 0.25) is 0 Å². The Hall–Kier alpha value is -1.77. The Morgan fingerprint density at radius 1 is 0.463 bits per heavy atom. The number of carbonyl (C=O) groups is 2. The van der Waals surface area contributed by atoms with Crippen molar-refractivity contribution in [1.82, 2.24) is 0 Å². The highest BCUT2D eigenvalue weighted by Gasteiger charge is 2.27. The number of nitrogens with zero attached hydrogens (tertiary/aromatic N) is 1. The molecule has 0 saturated carbocycles. The highest BCUT2D eigenvalue weighted by atomic mass is 31.2. The number of ether oxygens (including phenoxy) is 2. The summed E-state index contributed by atoms with van der Waals surface area (Å²) in [6.45, 7) is 4.44. The van der Waals surface area contributed by atoms with Crippen molar-refractivity contribution in [3.8, 4) is 0 Å². The second-order valence-electron chi connectivity index (χ2n) is 20.3. The molecule has 0 heterocycles. The Labute approximate surface area is 414 Å². The van der Waals surface area contributed by atoms with Crippen LogP contribution in [0.2, 0.25) is 0 Å². The summed E-state index contributed by atoms with van der Waals surface area (Å²) in [7, 11) is 1.48. The molecule has 2 unspecified atom stereocenters. The first kappa shape index (κ1) is 65.2. The minimum absolute atomic E-state index is 0.0308. The maximum Gasteiger partial charge on any atom is 0.472 e. The van der Waals surface area contributed by atoms with Crippen molar-refractivity contribution in [3.63, 3.8) is 0 Å². The molecule has 0 aromatic rings. The maximum atomic E-state index is 12.8. The zero-order chi connectivity index (χ0) is 49.2. The molecule has 0 aromatic heterocycles. The molecule has 0 spiro atoms. The number of hydrogen-bond donors (Lipinski definition) is 1. The lowest BCUT2D eigenvalue weighted by molar-refractivity contribution is -0.870. The largest absolute Gasteiger partial charge is 0.472 e. The van der Waals surface area contributed by atoms with Crippen LogP contribution in [-0.4, -0.2) is 74.9 Å². The number of rotatable bonds is 52. The van der Waals surface area contributed by atoms with E-state index in [2.05, 4.69) is 50.3 Å². The van der Waals surface area contributed by atoms with E-state index < -0.39 is 26.5 Å². The summed E-state index contributed by atoms with van der Waals surface area (Å²) >= 11 is 0. The average molecular weight is 967 g/mol. The number of allylic oxidation sites excluding steroid dienone is 6. The van der Waals surface area contributed by atoms with E-state index in [1.807, 2.05) is 21.1 Å². The Balaban J connectivity index is 4.15. The van der Waals surface area contributed by atoms with Gasteiger partial charge in [-0.3, -0.25) is 18.6 Å². The maximum absolute atomic E-state index is 12.8. The normalized spacial score (nSPS) is 13.6. The smallest absolute Gasteiger partial charge is 0.462 e. The Morgan fingerprint density at radius 3 is 1.21 bits per heavy atom. The van der Waals surface area contributed by atoms with Crippen LogP contribution in [0.4, 0.5) is 0 Å². The Morgan fingerprint density at radius 2 is 0.806 bits per heavy atom. The number of quaternary nitrogens is 1. The molecule has 0 saturated heterocycles. The monoisotopic (exact) mass is 967 g/mol. The van der Waals surface area contributed by atoms with Gasteiger partial charge in [0, 0.05) is 12.8 Å². The lowest BCUT2D eigenvalue weighted by atomic mass is 10.0. The first-order valence-corrected chi connectivity index (χ1v) is 29.7. The van der Waals surface area contributed by atoms with Crippen LogP contribution in [0.15, 0.2) is 36.5 Å². The molecule has 10 heteroatoms. The number of likely N-dealkylation sites (N-methyl/N-ethyl adjacent to an activating group) is 1. The molecule has 2 atom stereocenters. The molecule has 0 aliphatic carbocycles. The second kappa shape index (κ2) is 49.2. The van der Waals surface area contributed by atoms with Crippen LogP contribution in [0.25, 0.3) is 0 Å². The van der Waals surface area contributed by atoms with E-state index in [0.717, 1.165) is 51.4 Å². The third kappa shape index (κ3) is 53.4. The summed E-state index contributed by atoms with van der Waals surface area (Å²) in [4.78, 5) is 35.6. The third-order valence-electron chi connectivity index (χ3n) is 12.4. The molecule has 0 rings (SSSR count). The SMILES string of the molecule is CCCCCC/C=C\C/C=C\CCCCCCCCCC(=O)OC(COC(=O)CCCCCCCCCCCCCCC/C=C\CCCCCCCCCC)COP(=O)(O)OCC[N+](C)(C)C. The van der Waals surface area contributed by atoms with Crippen LogP contribution >= 0.6 is 7.82 Å². The van der Waals surface area contributed by atoms with E-state index in [0.29, 0.717) is 17.4 Å². The van der Waals surface area contributed by atoms with Crippen LogP contribution in [0.5, 0.6) is 0 Å². The summed E-state index contributed by atoms with van der Waals surface area (Å²) in [5.74, 6) is -0.797. The number of esters is 2. The fraction of sp³-hybridized carbons (Fsp3) is 0.860. The summed E-state index contributed by atoms with van der Waals surface area (Å²) < 4.78 is 34.5. The number of hydrogen-bond acceptors (Lipinski definition) is 7. The van der Waals surface area contributed by atoms with Crippen molar-refractivity contribution in [2.75, 3.05) is 47.5 Å². The van der Waals surface area contributed by atoms with E-state index in [-0.39, 0.29) is 32.0 Å². The fourth-order valence-electron chi connectivity index (χ4n) is 7.98. The van der Waals surface area contributed by atoms with Crippen molar-refractivity contribution in [1.29, 1.82) is 0 Å². The van der Waals surface area contributed by atoms with Crippen LogP contribution in [0, 0.1) is 0 Å². The lowest BCUT2D eigenvalue weighted by Crippen LogP contribution is -2.37. The molecule has 1 N–H and O–H groups in total. The highest BCUT2D eigenvalue weighted by molar-refractivity contribution is 7.47. The van der Waals surface area contributed by atoms with Gasteiger partial charge in [-0.1, -0.05) is 217 Å². The van der Waals surface area contributed by atoms with Gasteiger partial charge in [-0.05, 0) is 70.6 Å². The van der Waals surface area contributed by atoms with Crippen LogP contribution in [-0.2, 0) is 32.7 Å². The molecule has 0 aliphatic heterocycles. The van der Waals surface area contributed by atoms with Gasteiger partial charge in [0.05, 0.1) is 27.7 Å². The van der Waals surface area contributed by atoms with E-state index >= 15 is 0 Å². The molecule has 0 radical (unpaired) electrons. The minimum atomic E-state index is -4.38. The van der Waals surface area contributed by atoms with Gasteiger partial charge < -0.3 is 18.9 Å². The van der Waals surface area contributed by atoms with Gasteiger partial charge in [0.1, 0.15) is 19.8 Å². The van der Waals surface area contributed by atoms with E-state index in [9.17, 15) is 19.0 Å². The zero-order valence-electron chi connectivity index (χ0n) is 44.6. The molecule has 0 bridgehead atoms. The minimum Gasteiger partial charge on any atom is -0.462 e. The summed E-state index contributed by atoms with van der Waals surface area (Å²) in [6, 6.07) is 0. The third-order valence-corrected chi connectivity index (χ3v) is 13.4. The van der Waals surface area contributed by atoms with E-state index in [1.165, 1.54) is 180 Å². The Kier molecular flexibility index (Phi) is 47.9. The van der Waals surface area contributed by atoms with Crippen molar-refractivity contribution < 1.29 is 42.1 Å². The van der Waals surface area contributed by atoms with Gasteiger partial charge >= 0.3 is 19.8 Å². The van der Waals surface area contributed by atoms with Crippen LogP contribution in [0.3, 0.4) is 0 Å². The molecule has 0 aliphatic rings. The van der Waals surface area contributed by atoms with Crippen LogP contribution < -0.4 is 0 Å². The molecular formula is C57H109NO8P+. The molecule has 9 nitrogen and oxygen atoms in total. The number of unbranched alkanes of at least 4 members (excludes halogenated alkanes) is 32. The van der Waals surface area contributed by atoms with Crippen molar-refractivity contribution >= 4 is 19.8 Å². The van der Waals surface area contributed by atoms with E-state index in [4.69, 9.17) is 18.5 Å². The van der Waals surface area contributed by atoms with Crippen LogP contribution in [0.1, 0.15) is 264 Å². The second-order valence-corrected chi connectivity index (χ2v) is 21.8. The Bertz CT molecular complexity index is 1230. The quantitative estimate of drug-likeness (QED) is 0.0211. The molecule has 0 aromatic carbocycles. The fourth-order valence-corrected chi connectivity index (χ4v) is 8.72. The van der Waals surface area contributed by atoms with Gasteiger partial charge in [-0.15, -0.1) is 0 Å². The molecular weight excluding hydrogens is 858 g/mol. The summed E-state index contributed by atoms with van der Waals surface area (Å²) in [5, 5.41) is 0. The standard InChI is InChI=1S/C57H108NO8P/c1-6-8-10-12-14-16-18-20-22-24-26-27-28-29-30-31-32-34-35-37-39-41-43-45-47-49-56(59)63-53-55(54-65-67(61,62)64-52-51-58(3,4)5)66-57(60)50-48-46-44-42-40-38-36-33-25-23-21-19-17-15-13-11-9-7-2/h17,19,23-26,55H,6-16,18,20-22,27-54H2,1-5H3/p+1/b19-17-,25-23-,26-24-. The highest BCUT2D eigenvalue weighted by Crippen LogP contribution is 2.43. The average Bonchev–Trinajstić information content (AvgIpc) is 3.29. The summed E-state index contributed by atoms with van der Waals surface area (Å²) in [5.41, 5.74) is 0. The topological polar surface area (TPSA) is 108 Å². The number of carbonyl (C=O) groups excluding carboxylic acids is 2. The number of phosphoric ester groups is 1. The predicted molar refractivity (Wildman–Crippen MR) is 284 cm³/mol. The van der Waals surface area contributed by atoms with Crippen molar-refractivity contribution in [2.24, 2.45) is 0 Å². The zero-order valence-corrected chi connectivity index (χ0v) is 45.5. The van der Waals surface area contributed by atoms with Gasteiger partial charge in [-0.2, -0.15) is 0 Å². The molecule has 394 valence electrons. The van der Waals surface area contributed by atoms with Gasteiger partial charge in [0.15, 0.2) is 6.10 Å². The van der Waals surface area contributed by atoms with E-state index in [1.54, 1.807) is 0 Å². The predicted octanol–water partition coefficient (Wildman–Crippen LogP) is 17.2. The van der Waals surface area contributed by atoms with Gasteiger partial charge in [0.25, 0.3) is 0 Å². The number of phosphoric acid groups is 1. The first-order chi connectivity index (χ1) is 32.5. The van der Waals surface area contributed by atoms with Crippen molar-refractivity contribution in [3.05, 3.63) is 36.5 Å². The molecule has 67 heavy (non-hydrogen) atoms. The van der Waals surface area contributed by atoms with Gasteiger partial charge in [-0.25, -0.2) is 4.57 Å². The summed E-state index contributed by atoms with van der Waals surface area (Å²) in [6.07, 6.45) is 59.2. The first-order valence-electron chi connectivity index (χ1n) is 28.2. The van der Waals surface area contributed by atoms with Crippen molar-refractivity contribution in [2.45, 2.75) is 270 Å². The lowest BCUT2D eigenvalue weighted by Gasteiger charge is -2.24.